The van der Waals surface area contributed by atoms with E-state index in [0.717, 1.165) is 4.90 Å². The van der Waals surface area contributed by atoms with Gasteiger partial charge in [0.2, 0.25) is 0 Å². The van der Waals surface area contributed by atoms with Gasteiger partial charge in [-0.25, -0.2) is 14.1 Å². The van der Waals surface area contributed by atoms with Gasteiger partial charge < -0.3 is 14.2 Å². The maximum absolute atomic E-state index is 13.9. The molecule has 0 bridgehead atoms. The van der Waals surface area contributed by atoms with Crippen molar-refractivity contribution in [3.63, 3.8) is 0 Å². The normalized spacial score (nSPS) is 14.7. The highest BCUT2D eigenvalue weighted by Gasteiger charge is 2.36. The lowest BCUT2D eigenvalue weighted by molar-refractivity contribution is -0.122. The molecule has 1 aliphatic heterocycles. The minimum Gasteiger partial charge on any atom is -0.497 e. The summed E-state index contributed by atoms with van der Waals surface area (Å²) in [6, 6.07) is 16.4. The number of barbiturate groups is 1. The van der Waals surface area contributed by atoms with E-state index in [0.29, 0.717) is 28.4 Å². The highest BCUT2D eigenvalue weighted by molar-refractivity contribution is 6.39. The smallest absolute Gasteiger partial charge is 0.335 e. The zero-order valence-corrected chi connectivity index (χ0v) is 18.9. The molecule has 178 valence electrons. The number of hydrogen-bond donors (Lipinski definition) is 1. The molecular weight excluding hydrogens is 455 g/mol. The second kappa shape index (κ2) is 10.1. The summed E-state index contributed by atoms with van der Waals surface area (Å²) in [6.07, 6.45) is 1.35. The number of imide groups is 2. The third-order valence-electron chi connectivity index (χ3n) is 5.27. The van der Waals surface area contributed by atoms with E-state index >= 15 is 0 Å². The largest absolute Gasteiger partial charge is 0.497 e. The number of methoxy groups -OCH3 is 2. The molecule has 0 spiro atoms. The maximum Gasteiger partial charge on any atom is 0.335 e. The van der Waals surface area contributed by atoms with Crippen LogP contribution in [0.3, 0.4) is 0 Å². The highest BCUT2D eigenvalue weighted by Crippen LogP contribution is 2.31. The van der Waals surface area contributed by atoms with Crippen LogP contribution < -0.4 is 24.4 Å². The van der Waals surface area contributed by atoms with Crippen LogP contribution in [-0.2, 0) is 16.2 Å². The SMILES string of the molecule is COc1ccc(N2C(=O)NC(=O)/C(=C\c3ccc(OCc4ccccc4F)c(OC)c3)C2=O)cc1. The zero-order chi connectivity index (χ0) is 24.9. The topological polar surface area (TPSA) is 94.2 Å². The molecule has 4 rings (SSSR count). The van der Waals surface area contributed by atoms with Gasteiger partial charge in [-0.3, -0.25) is 14.9 Å². The highest BCUT2D eigenvalue weighted by atomic mass is 19.1. The Morgan fingerprint density at radius 3 is 2.34 bits per heavy atom. The second-order valence-corrected chi connectivity index (χ2v) is 7.45. The molecule has 0 unspecified atom stereocenters. The summed E-state index contributed by atoms with van der Waals surface area (Å²) in [5.41, 5.74) is 0.889. The molecule has 35 heavy (non-hydrogen) atoms. The molecule has 0 radical (unpaired) electrons. The predicted molar refractivity (Wildman–Crippen MR) is 126 cm³/mol. The molecule has 0 aliphatic carbocycles. The van der Waals surface area contributed by atoms with Crippen molar-refractivity contribution < 1.29 is 33.0 Å². The first kappa shape index (κ1) is 23.5. The fourth-order valence-electron chi connectivity index (χ4n) is 3.45. The van der Waals surface area contributed by atoms with Crippen molar-refractivity contribution >= 4 is 29.6 Å². The molecule has 8 nitrogen and oxygen atoms in total. The van der Waals surface area contributed by atoms with Crippen molar-refractivity contribution in [1.29, 1.82) is 0 Å². The van der Waals surface area contributed by atoms with E-state index < -0.39 is 17.8 Å². The lowest BCUT2D eigenvalue weighted by atomic mass is 10.1. The molecule has 0 saturated carbocycles. The van der Waals surface area contributed by atoms with Crippen molar-refractivity contribution in [3.8, 4) is 17.2 Å². The molecule has 1 heterocycles. The molecule has 9 heteroatoms. The van der Waals surface area contributed by atoms with Crippen molar-refractivity contribution in [2.45, 2.75) is 6.61 Å². The quantitative estimate of drug-likeness (QED) is 0.408. The molecule has 0 aromatic heterocycles. The van der Waals surface area contributed by atoms with Crippen LogP contribution in [0.1, 0.15) is 11.1 Å². The van der Waals surface area contributed by atoms with Gasteiger partial charge in [0.25, 0.3) is 11.8 Å². The Bertz CT molecular complexity index is 1320. The summed E-state index contributed by atoms with van der Waals surface area (Å²) in [5.74, 6) is -0.748. The predicted octanol–water partition coefficient (Wildman–Crippen LogP) is 4.09. The van der Waals surface area contributed by atoms with Crippen molar-refractivity contribution in [1.82, 2.24) is 5.32 Å². The van der Waals surface area contributed by atoms with Gasteiger partial charge in [0, 0.05) is 5.56 Å². The maximum atomic E-state index is 13.9. The minimum absolute atomic E-state index is 0.0106. The van der Waals surface area contributed by atoms with Gasteiger partial charge in [0.1, 0.15) is 23.7 Å². The fraction of sp³-hybridized carbons (Fsp3) is 0.115. The van der Waals surface area contributed by atoms with Crippen LogP contribution in [0, 0.1) is 5.82 Å². The summed E-state index contributed by atoms with van der Waals surface area (Å²) in [4.78, 5) is 38.8. The Labute approximate surface area is 200 Å². The number of hydrogen-bond acceptors (Lipinski definition) is 6. The molecule has 0 atom stereocenters. The van der Waals surface area contributed by atoms with Gasteiger partial charge in [-0.05, 0) is 54.1 Å². The van der Waals surface area contributed by atoms with E-state index in [2.05, 4.69) is 5.32 Å². The zero-order valence-electron chi connectivity index (χ0n) is 18.9. The lowest BCUT2D eigenvalue weighted by Crippen LogP contribution is -2.54. The van der Waals surface area contributed by atoms with Crippen LogP contribution in [0.4, 0.5) is 14.9 Å². The van der Waals surface area contributed by atoms with Crippen LogP contribution in [0.15, 0.2) is 72.3 Å². The van der Waals surface area contributed by atoms with Crippen LogP contribution in [-0.4, -0.2) is 32.1 Å². The number of rotatable bonds is 7. The molecule has 3 aromatic rings. The fourth-order valence-corrected chi connectivity index (χ4v) is 3.45. The monoisotopic (exact) mass is 476 g/mol. The van der Waals surface area contributed by atoms with E-state index in [1.54, 1.807) is 48.5 Å². The molecule has 4 amide bonds. The van der Waals surface area contributed by atoms with E-state index in [1.807, 2.05) is 0 Å². The van der Waals surface area contributed by atoms with Gasteiger partial charge in [-0.15, -0.1) is 0 Å². The Morgan fingerprint density at radius 1 is 0.914 bits per heavy atom. The Morgan fingerprint density at radius 2 is 1.66 bits per heavy atom. The first-order valence-electron chi connectivity index (χ1n) is 10.5. The number of nitrogens with zero attached hydrogens (tertiary/aromatic N) is 1. The van der Waals surface area contributed by atoms with Crippen LogP contribution in [0.2, 0.25) is 0 Å². The van der Waals surface area contributed by atoms with Crippen molar-refractivity contribution in [3.05, 3.63) is 89.2 Å². The Balaban J connectivity index is 1.59. The number of nitrogens with one attached hydrogen (secondary N) is 1. The molecule has 1 fully saturated rings. The molecule has 3 aromatic carbocycles. The number of anilines is 1. The van der Waals surface area contributed by atoms with Crippen molar-refractivity contribution in [2.24, 2.45) is 0 Å². The number of urea groups is 1. The Kier molecular flexibility index (Phi) is 6.77. The van der Waals surface area contributed by atoms with Gasteiger partial charge >= 0.3 is 6.03 Å². The number of carbonyl (C=O) groups is 3. The van der Waals surface area contributed by atoms with Gasteiger partial charge in [-0.2, -0.15) is 0 Å². The van der Waals surface area contributed by atoms with Gasteiger partial charge in [0.05, 0.1) is 19.9 Å². The average Bonchev–Trinajstić information content (AvgIpc) is 2.86. The number of benzene rings is 3. The summed E-state index contributed by atoms with van der Waals surface area (Å²) in [5, 5.41) is 2.18. The lowest BCUT2D eigenvalue weighted by Gasteiger charge is -2.26. The average molecular weight is 476 g/mol. The summed E-state index contributed by atoms with van der Waals surface area (Å²) >= 11 is 0. The van der Waals surface area contributed by atoms with E-state index in [4.69, 9.17) is 14.2 Å². The molecule has 1 aliphatic rings. The molecular formula is C26H21FN2O6. The van der Waals surface area contributed by atoms with E-state index in [-0.39, 0.29) is 23.7 Å². The third kappa shape index (κ3) is 4.98. The van der Waals surface area contributed by atoms with Crippen LogP contribution >= 0.6 is 0 Å². The van der Waals surface area contributed by atoms with Crippen LogP contribution in [0.5, 0.6) is 17.2 Å². The number of amides is 4. The first-order valence-corrected chi connectivity index (χ1v) is 10.5. The van der Waals surface area contributed by atoms with Crippen LogP contribution in [0.25, 0.3) is 6.08 Å². The molecule has 1 N–H and O–H groups in total. The van der Waals surface area contributed by atoms with E-state index in [9.17, 15) is 18.8 Å². The summed E-state index contributed by atoms with van der Waals surface area (Å²) in [7, 11) is 2.93. The third-order valence-corrected chi connectivity index (χ3v) is 5.27. The van der Waals surface area contributed by atoms with E-state index in [1.165, 1.54) is 38.5 Å². The summed E-state index contributed by atoms with van der Waals surface area (Å²) in [6.45, 7) is -0.0106. The van der Waals surface area contributed by atoms with Crippen molar-refractivity contribution in [2.75, 3.05) is 19.1 Å². The number of halogens is 1. The number of carbonyl (C=O) groups excluding carboxylic acids is 3. The molecule has 1 saturated heterocycles. The number of ether oxygens (including phenoxy) is 3. The second-order valence-electron chi connectivity index (χ2n) is 7.45. The standard InChI is InChI=1S/C26H21FN2O6/c1-33-19-10-8-18(9-11-19)29-25(31)20(24(30)28-26(29)32)13-16-7-12-22(23(14-16)34-2)35-15-17-5-3-4-6-21(17)27/h3-14H,15H2,1-2H3,(H,28,30,32)/b20-13+. The van der Waals surface area contributed by atoms with Gasteiger partial charge in [0.15, 0.2) is 11.5 Å². The van der Waals surface area contributed by atoms with Gasteiger partial charge in [-0.1, -0.05) is 24.3 Å². The first-order chi connectivity index (χ1) is 16.9. The minimum atomic E-state index is -0.850. The summed E-state index contributed by atoms with van der Waals surface area (Å²) < 4.78 is 30.0. The Hall–Kier alpha value is -4.66.